The smallest absolute Gasteiger partial charge is 0.409 e. The van der Waals surface area contributed by atoms with Crippen LogP contribution in [-0.2, 0) is 5.60 Å². The van der Waals surface area contributed by atoms with Gasteiger partial charge in [0.2, 0.25) is 0 Å². The summed E-state index contributed by atoms with van der Waals surface area (Å²) in [5, 5.41) is 13.9. The van der Waals surface area contributed by atoms with E-state index in [9.17, 15) is 9.90 Å². The zero-order valence-corrected chi connectivity index (χ0v) is 9.68. The molecule has 0 radical (unpaired) electrons. The van der Waals surface area contributed by atoms with E-state index in [0.717, 1.165) is 0 Å². The fourth-order valence-corrected chi connectivity index (χ4v) is 2.22. The molecule has 0 bridgehead atoms. The first-order valence-electron chi connectivity index (χ1n) is 4.92. The van der Waals surface area contributed by atoms with E-state index in [1.165, 1.54) is 11.8 Å². The highest BCUT2D eigenvalue weighted by atomic mass is 32.2. The summed E-state index contributed by atoms with van der Waals surface area (Å²) >= 11 is 1.46. The number of hydrogen-bond donors (Lipinski definition) is 2. The zero-order chi connectivity index (χ0) is 12.3. The third kappa shape index (κ3) is 2.51. The van der Waals surface area contributed by atoms with Gasteiger partial charge in [-0.15, -0.1) is 11.8 Å². The Bertz CT molecular complexity index is 484. The van der Waals surface area contributed by atoms with E-state index in [-0.39, 0.29) is 5.75 Å². The summed E-state index contributed by atoms with van der Waals surface area (Å²) in [5.41, 5.74) is 4.19. The van der Waals surface area contributed by atoms with Gasteiger partial charge in [-0.1, -0.05) is 18.2 Å². The lowest BCUT2D eigenvalue weighted by Crippen LogP contribution is -2.24. The van der Waals surface area contributed by atoms with E-state index in [4.69, 9.17) is 10.5 Å². The van der Waals surface area contributed by atoms with E-state index in [1.54, 1.807) is 47.2 Å². The van der Waals surface area contributed by atoms with Gasteiger partial charge in [0, 0.05) is 5.56 Å². The van der Waals surface area contributed by atoms with Crippen molar-refractivity contribution in [2.24, 2.45) is 5.73 Å². The number of aliphatic hydroxyl groups is 1. The molecule has 0 spiro atoms. The highest BCUT2D eigenvalue weighted by molar-refractivity contribution is 8.04. The Hall–Kier alpha value is -1.72. The summed E-state index contributed by atoms with van der Waals surface area (Å²) in [6.45, 7) is 0. The van der Waals surface area contributed by atoms with Gasteiger partial charge in [-0.2, -0.15) is 0 Å². The van der Waals surface area contributed by atoms with Crippen molar-refractivity contribution < 1.29 is 14.6 Å². The van der Waals surface area contributed by atoms with Crippen molar-refractivity contribution in [2.45, 2.75) is 5.60 Å². The molecule has 0 saturated carbocycles. The molecule has 5 heteroatoms. The van der Waals surface area contributed by atoms with E-state index >= 15 is 0 Å². The standard InChI is InChI=1S/C12H11NO3S/c13-11(14)16-10-4-2-1-3-9(10)12(15)5-7-17-8-6-12/h1-8,15H,(H2,13,14). The predicted molar refractivity (Wildman–Crippen MR) is 66.4 cm³/mol. The maximum absolute atomic E-state index is 10.8. The second-order valence-electron chi connectivity index (χ2n) is 3.48. The molecular formula is C12H11NO3S. The zero-order valence-electron chi connectivity index (χ0n) is 8.87. The number of nitrogens with two attached hydrogens (primary N) is 1. The van der Waals surface area contributed by atoms with E-state index in [2.05, 4.69) is 0 Å². The van der Waals surface area contributed by atoms with Gasteiger partial charge < -0.3 is 15.6 Å². The first-order chi connectivity index (χ1) is 8.12. The second-order valence-corrected chi connectivity index (χ2v) is 4.30. The minimum atomic E-state index is -1.27. The highest BCUT2D eigenvalue weighted by Crippen LogP contribution is 2.35. The average Bonchev–Trinajstić information content (AvgIpc) is 2.30. The molecule has 17 heavy (non-hydrogen) atoms. The fourth-order valence-electron chi connectivity index (χ4n) is 1.56. The molecule has 1 aromatic rings. The van der Waals surface area contributed by atoms with E-state index in [1.807, 2.05) is 0 Å². The Morgan fingerprint density at radius 3 is 2.59 bits per heavy atom. The highest BCUT2D eigenvalue weighted by Gasteiger charge is 2.28. The van der Waals surface area contributed by atoms with Crippen LogP contribution in [0.15, 0.2) is 47.2 Å². The normalized spacial score (nSPS) is 16.8. The molecule has 2 rings (SSSR count). The van der Waals surface area contributed by atoms with Crippen LogP contribution < -0.4 is 10.5 Å². The summed E-state index contributed by atoms with van der Waals surface area (Å²) in [6.07, 6.45) is 2.35. The number of ether oxygens (including phenoxy) is 1. The summed E-state index contributed by atoms with van der Waals surface area (Å²) in [4.78, 5) is 10.8. The number of hydrogen-bond acceptors (Lipinski definition) is 4. The Morgan fingerprint density at radius 1 is 1.29 bits per heavy atom. The van der Waals surface area contributed by atoms with Gasteiger partial charge in [0.05, 0.1) is 0 Å². The van der Waals surface area contributed by atoms with Crippen molar-refractivity contribution in [1.29, 1.82) is 0 Å². The third-order valence-corrected chi connectivity index (χ3v) is 2.92. The predicted octanol–water partition coefficient (Wildman–Crippen LogP) is 2.11. The SMILES string of the molecule is NC(=O)Oc1ccccc1C1(O)C=CSC=C1. The Kier molecular flexibility index (Phi) is 3.21. The first kappa shape index (κ1) is 11.8. The number of carbonyl (C=O) groups excluding carboxylic acids is 1. The lowest BCUT2D eigenvalue weighted by atomic mass is 9.93. The molecular weight excluding hydrogens is 238 g/mol. The van der Waals surface area contributed by atoms with Crippen LogP contribution in [0, 0.1) is 0 Å². The number of carbonyl (C=O) groups is 1. The number of amides is 1. The fraction of sp³-hybridized carbons (Fsp3) is 0.0833. The van der Waals surface area contributed by atoms with Gasteiger partial charge in [0.1, 0.15) is 11.4 Å². The molecule has 1 heterocycles. The molecule has 4 nitrogen and oxygen atoms in total. The van der Waals surface area contributed by atoms with Crippen molar-refractivity contribution in [3.05, 3.63) is 52.8 Å². The molecule has 88 valence electrons. The van der Waals surface area contributed by atoms with Crippen LogP contribution in [0.4, 0.5) is 4.79 Å². The molecule has 0 saturated heterocycles. The van der Waals surface area contributed by atoms with Gasteiger partial charge in [-0.25, -0.2) is 4.79 Å². The number of thioether (sulfide) groups is 1. The van der Waals surface area contributed by atoms with Crippen LogP contribution in [0.25, 0.3) is 0 Å². The van der Waals surface area contributed by atoms with Gasteiger partial charge in [-0.3, -0.25) is 0 Å². The molecule has 1 amide bonds. The maximum Gasteiger partial charge on any atom is 0.409 e. The van der Waals surface area contributed by atoms with Gasteiger partial charge in [0.25, 0.3) is 0 Å². The number of rotatable bonds is 2. The molecule has 0 atom stereocenters. The molecule has 1 aromatic carbocycles. The molecule has 0 aliphatic carbocycles. The Morgan fingerprint density at radius 2 is 1.94 bits per heavy atom. The molecule has 0 fully saturated rings. The maximum atomic E-state index is 10.8. The quantitative estimate of drug-likeness (QED) is 0.842. The van der Waals surface area contributed by atoms with Gasteiger partial charge in [-0.05, 0) is 29.0 Å². The van der Waals surface area contributed by atoms with Crippen LogP contribution in [-0.4, -0.2) is 11.2 Å². The number of para-hydroxylation sites is 1. The molecule has 0 aromatic heterocycles. The summed E-state index contributed by atoms with van der Waals surface area (Å²) < 4.78 is 4.87. The van der Waals surface area contributed by atoms with Crippen LogP contribution in [0.5, 0.6) is 5.75 Å². The van der Waals surface area contributed by atoms with Crippen molar-refractivity contribution in [3.8, 4) is 5.75 Å². The van der Waals surface area contributed by atoms with Gasteiger partial charge in [0.15, 0.2) is 0 Å². The van der Waals surface area contributed by atoms with Crippen molar-refractivity contribution in [3.63, 3.8) is 0 Å². The number of benzene rings is 1. The molecule has 0 unspecified atom stereocenters. The second kappa shape index (κ2) is 4.65. The van der Waals surface area contributed by atoms with E-state index < -0.39 is 11.7 Å². The minimum Gasteiger partial charge on any atom is -0.410 e. The summed E-state index contributed by atoms with van der Waals surface area (Å²) in [7, 11) is 0. The average molecular weight is 249 g/mol. The summed E-state index contributed by atoms with van der Waals surface area (Å²) in [5.74, 6) is 0.253. The lowest BCUT2D eigenvalue weighted by Gasteiger charge is -2.24. The summed E-state index contributed by atoms with van der Waals surface area (Å²) in [6, 6.07) is 6.73. The Labute approximate surface area is 103 Å². The van der Waals surface area contributed by atoms with Gasteiger partial charge >= 0.3 is 6.09 Å². The third-order valence-electron chi connectivity index (χ3n) is 2.33. The monoisotopic (exact) mass is 249 g/mol. The van der Waals surface area contributed by atoms with Crippen molar-refractivity contribution in [2.75, 3.05) is 0 Å². The largest absolute Gasteiger partial charge is 0.410 e. The van der Waals surface area contributed by atoms with E-state index in [0.29, 0.717) is 5.56 Å². The van der Waals surface area contributed by atoms with Crippen LogP contribution in [0.1, 0.15) is 5.56 Å². The lowest BCUT2D eigenvalue weighted by molar-refractivity contribution is 0.139. The van der Waals surface area contributed by atoms with Crippen LogP contribution >= 0.6 is 11.8 Å². The van der Waals surface area contributed by atoms with Crippen LogP contribution in [0.3, 0.4) is 0 Å². The molecule has 1 aliphatic rings. The minimum absolute atomic E-state index is 0.253. The van der Waals surface area contributed by atoms with Crippen LogP contribution in [0.2, 0.25) is 0 Å². The van der Waals surface area contributed by atoms with Crippen molar-refractivity contribution in [1.82, 2.24) is 0 Å². The van der Waals surface area contributed by atoms with Crippen molar-refractivity contribution >= 4 is 17.9 Å². The topological polar surface area (TPSA) is 72.6 Å². The number of primary amides is 1. The Balaban J connectivity index is 2.44. The molecule has 1 aliphatic heterocycles. The molecule has 3 N–H and O–H groups in total. The first-order valence-corrected chi connectivity index (χ1v) is 5.86.